The third kappa shape index (κ3) is 6.11. The van der Waals surface area contributed by atoms with E-state index in [4.69, 9.17) is 27.9 Å². The summed E-state index contributed by atoms with van der Waals surface area (Å²) >= 11 is 19.6. The highest BCUT2D eigenvalue weighted by atomic mass is 79.9. The van der Waals surface area contributed by atoms with E-state index in [1.807, 2.05) is 44.2 Å². The van der Waals surface area contributed by atoms with E-state index in [2.05, 4.69) is 47.4 Å². The van der Waals surface area contributed by atoms with Gasteiger partial charge in [-0.1, -0.05) is 81.1 Å². The lowest BCUT2D eigenvalue weighted by atomic mass is 9.99. The number of hydrazone groups is 1. The van der Waals surface area contributed by atoms with Crippen LogP contribution in [0.2, 0.25) is 10.0 Å². The molecule has 1 heterocycles. The molecule has 41 heavy (non-hydrogen) atoms. The smallest absolute Gasteiger partial charge is 0.345 e. The van der Waals surface area contributed by atoms with E-state index in [9.17, 15) is 9.59 Å². The van der Waals surface area contributed by atoms with Crippen LogP contribution in [0.5, 0.6) is 5.75 Å². The van der Waals surface area contributed by atoms with E-state index in [1.54, 1.807) is 42.5 Å². The van der Waals surface area contributed by atoms with Gasteiger partial charge < -0.3 is 9.72 Å². The first-order valence-electron chi connectivity index (χ1n) is 12.3. The number of carbonyl (C=O) groups is 2. The maximum absolute atomic E-state index is 13.5. The molecule has 0 aliphatic heterocycles. The number of amides is 1. The number of rotatable bonds is 6. The number of hydrogen-bond donors (Lipinski definition) is 2. The van der Waals surface area contributed by atoms with E-state index in [0.717, 1.165) is 27.6 Å². The molecule has 0 aliphatic carbocycles. The molecule has 206 valence electrons. The Morgan fingerprint density at radius 3 is 2.39 bits per heavy atom. The second kappa shape index (κ2) is 12.2. The van der Waals surface area contributed by atoms with Crippen LogP contribution in [-0.2, 0) is 0 Å². The largest absolute Gasteiger partial charge is 0.421 e. The zero-order chi connectivity index (χ0) is 29.3. The number of aromatic nitrogens is 1. The Bertz CT molecular complexity index is 1870. The number of aryl methyl sites for hydroxylation is 2. The number of ether oxygens (including phenoxy) is 1. The van der Waals surface area contributed by atoms with Crippen molar-refractivity contribution in [1.29, 1.82) is 0 Å². The number of carbonyl (C=O) groups excluding carboxylic acids is 2. The first-order chi connectivity index (χ1) is 19.6. The summed E-state index contributed by atoms with van der Waals surface area (Å²) in [5.74, 6) is -0.886. The molecular weight excluding hydrogens is 693 g/mol. The highest BCUT2D eigenvalue weighted by Crippen LogP contribution is 2.38. The zero-order valence-corrected chi connectivity index (χ0v) is 26.4. The minimum absolute atomic E-state index is 0.213. The number of hydrogen-bond acceptors (Lipinski definition) is 4. The van der Waals surface area contributed by atoms with Gasteiger partial charge in [0.15, 0.2) is 5.75 Å². The predicted octanol–water partition coefficient (Wildman–Crippen LogP) is 9.27. The average molecular weight is 714 g/mol. The molecule has 0 fully saturated rings. The molecule has 4 aromatic carbocycles. The summed E-state index contributed by atoms with van der Waals surface area (Å²) < 4.78 is 6.89. The maximum Gasteiger partial charge on any atom is 0.345 e. The molecule has 0 spiro atoms. The first kappa shape index (κ1) is 29.1. The van der Waals surface area contributed by atoms with Gasteiger partial charge >= 0.3 is 5.97 Å². The van der Waals surface area contributed by atoms with Crippen molar-refractivity contribution in [1.82, 2.24) is 10.4 Å². The molecule has 1 amide bonds. The monoisotopic (exact) mass is 711 g/mol. The van der Waals surface area contributed by atoms with Crippen molar-refractivity contribution in [3.05, 3.63) is 120 Å². The molecule has 2 N–H and O–H groups in total. The zero-order valence-electron chi connectivity index (χ0n) is 21.7. The topological polar surface area (TPSA) is 83.6 Å². The van der Waals surface area contributed by atoms with Gasteiger partial charge in [0.25, 0.3) is 5.91 Å². The SMILES string of the molecule is Cc1cc(C)c2[nH]c(C(=O)NN=Cc3cc(Br)cc(Br)c3OC(=O)c3ccccc3Cl)c(-c3ccccc3Cl)c2c1. The van der Waals surface area contributed by atoms with Gasteiger partial charge in [0.2, 0.25) is 0 Å². The summed E-state index contributed by atoms with van der Waals surface area (Å²) in [6, 6.07) is 21.5. The molecule has 0 unspecified atom stereocenters. The van der Waals surface area contributed by atoms with Crippen LogP contribution in [0.25, 0.3) is 22.0 Å². The molecule has 0 atom stereocenters. The summed E-state index contributed by atoms with van der Waals surface area (Å²) in [5.41, 5.74) is 7.88. The molecule has 5 aromatic rings. The Balaban J connectivity index is 1.49. The van der Waals surface area contributed by atoms with Gasteiger partial charge in [-0.05, 0) is 71.7 Å². The number of H-pyrrole nitrogens is 1. The predicted molar refractivity (Wildman–Crippen MR) is 172 cm³/mol. The second-order valence-electron chi connectivity index (χ2n) is 9.23. The number of nitrogens with one attached hydrogen (secondary N) is 2. The van der Waals surface area contributed by atoms with Gasteiger partial charge in [0.05, 0.1) is 21.3 Å². The quantitative estimate of drug-likeness (QED) is 0.0797. The highest BCUT2D eigenvalue weighted by molar-refractivity contribution is 9.11. The van der Waals surface area contributed by atoms with Crippen LogP contribution in [0, 0.1) is 13.8 Å². The van der Waals surface area contributed by atoms with Gasteiger partial charge in [-0.3, -0.25) is 4.79 Å². The van der Waals surface area contributed by atoms with E-state index < -0.39 is 11.9 Å². The Kier molecular flexibility index (Phi) is 8.66. The van der Waals surface area contributed by atoms with Crippen LogP contribution in [0.3, 0.4) is 0 Å². The lowest BCUT2D eigenvalue weighted by Crippen LogP contribution is -2.19. The highest BCUT2D eigenvalue weighted by Gasteiger charge is 2.22. The lowest BCUT2D eigenvalue weighted by Gasteiger charge is -2.11. The van der Waals surface area contributed by atoms with E-state index in [0.29, 0.717) is 30.8 Å². The molecule has 0 bridgehead atoms. The number of benzene rings is 4. The number of fused-ring (bicyclic) bond motifs is 1. The maximum atomic E-state index is 13.5. The van der Waals surface area contributed by atoms with Crippen molar-refractivity contribution in [3.8, 4) is 16.9 Å². The van der Waals surface area contributed by atoms with E-state index in [1.165, 1.54) is 6.21 Å². The van der Waals surface area contributed by atoms with E-state index >= 15 is 0 Å². The third-order valence-corrected chi connectivity index (χ3v) is 8.02. The van der Waals surface area contributed by atoms with Crippen molar-refractivity contribution in [2.75, 3.05) is 0 Å². The van der Waals surface area contributed by atoms with Crippen molar-refractivity contribution >= 4 is 84.1 Å². The van der Waals surface area contributed by atoms with Crippen LogP contribution in [0.4, 0.5) is 0 Å². The standard InChI is InChI=1S/C31H21Br2Cl2N3O3/c1-16-11-17(2)27-22(12-16)26(20-7-3-5-9-24(20)34)28(37-27)30(39)38-36-15-18-13-19(32)14-23(33)29(18)41-31(40)21-8-4-6-10-25(21)35/h3-15,37H,1-2H3,(H,38,39). The Hall–Kier alpha value is -3.43. The summed E-state index contributed by atoms with van der Waals surface area (Å²) in [5, 5.41) is 5.86. The first-order valence-corrected chi connectivity index (χ1v) is 14.6. The van der Waals surface area contributed by atoms with Crippen LogP contribution in [0.15, 0.2) is 86.8 Å². The average Bonchev–Trinajstić information content (AvgIpc) is 3.30. The molecular formula is C31H21Br2Cl2N3O3. The van der Waals surface area contributed by atoms with Crippen molar-refractivity contribution in [2.24, 2.45) is 5.10 Å². The van der Waals surface area contributed by atoms with Crippen LogP contribution >= 0.6 is 55.1 Å². The number of halogens is 4. The minimum atomic E-state index is -0.634. The molecule has 10 heteroatoms. The van der Waals surface area contributed by atoms with Crippen LogP contribution in [0.1, 0.15) is 37.5 Å². The molecule has 0 saturated heterocycles. The van der Waals surface area contributed by atoms with Gasteiger partial charge in [0, 0.05) is 37.1 Å². The third-order valence-electron chi connectivity index (χ3n) is 6.31. The summed E-state index contributed by atoms with van der Waals surface area (Å²) in [6.45, 7) is 3.99. The summed E-state index contributed by atoms with van der Waals surface area (Å²) in [7, 11) is 0. The molecule has 0 aliphatic rings. The van der Waals surface area contributed by atoms with Crippen LogP contribution in [-0.4, -0.2) is 23.1 Å². The fourth-order valence-corrected chi connectivity index (χ4v) is 6.32. The molecule has 1 aromatic heterocycles. The normalized spacial score (nSPS) is 11.3. The van der Waals surface area contributed by atoms with Crippen LogP contribution < -0.4 is 10.2 Å². The van der Waals surface area contributed by atoms with Gasteiger partial charge in [-0.15, -0.1) is 0 Å². The Morgan fingerprint density at radius 1 is 0.951 bits per heavy atom. The van der Waals surface area contributed by atoms with Gasteiger partial charge in [0.1, 0.15) is 5.69 Å². The summed E-state index contributed by atoms with van der Waals surface area (Å²) in [6.07, 6.45) is 1.40. The second-order valence-corrected chi connectivity index (χ2v) is 11.8. The van der Waals surface area contributed by atoms with Crippen molar-refractivity contribution < 1.29 is 14.3 Å². The fourth-order valence-electron chi connectivity index (χ4n) is 4.54. The molecule has 0 radical (unpaired) electrons. The van der Waals surface area contributed by atoms with E-state index in [-0.39, 0.29) is 16.3 Å². The lowest BCUT2D eigenvalue weighted by molar-refractivity contribution is 0.0733. The Morgan fingerprint density at radius 2 is 1.66 bits per heavy atom. The summed E-state index contributed by atoms with van der Waals surface area (Å²) in [4.78, 5) is 29.6. The van der Waals surface area contributed by atoms with Crippen molar-refractivity contribution in [3.63, 3.8) is 0 Å². The minimum Gasteiger partial charge on any atom is -0.421 e. The van der Waals surface area contributed by atoms with Gasteiger partial charge in [-0.25, -0.2) is 10.2 Å². The molecule has 0 saturated carbocycles. The number of nitrogens with zero attached hydrogens (tertiary/aromatic N) is 1. The number of esters is 1. The number of aromatic amines is 1. The fraction of sp³-hybridized carbons (Fsp3) is 0.0645. The Labute approximate surface area is 263 Å². The van der Waals surface area contributed by atoms with Crippen molar-refractivity contribution in [2.45, 2.75) is 13.8 Å². The molecule has 5 rings (SSSR count). The molecule has 6 nitrogen and oxygen atoms in total. The van der Waals surface area contributed by atoms with Gasteiger partial charge in [-0.2, -0.15) is 5.10 Å².